The Bertz CT molecular complexity index is 936. The largest absolute Gasteiger partial charge is 0.481 e. The summed E-state index contributed by atoms with van der Waals surface area (Å²) >= 11 is 0. The van der Waals surface area contributed by atoms with Crippen molar-refractivity contribution in [3.8, 4) is 0 Å². The fourth-order valence-corrected chi connectivity index (χ4v) is 3.70. The summed E-state index contributed by atoms with van der Waals surface area (Å²) < 4.78 is 12.1. The number of nitrogens with one attached hydrogen (secondary N) is 1. The van der Waals surface area contributed by atoms with Gasteiger partial charge in [-0.15, -0.1) is 0 Å². The Morgan fingerprint density at radius 3 is 2.32 bits per heavy atom. The lowest BCUT2D eigenvalue weighted by Gasteiger charge is -2.21. The molecule has 0 aromatic carbocycles. The van der Waals surface area contributed by atoms with Crippen LogP contribution in [0.5, 0.6) is 0 Å². The number of H-pyrrole nitrogens is 1. The van der Waals surface area contributed by atoms with E-state index in [9.17, 15) is 34.2 Å². The average molecular weight is 441 g/mol. The highest BCUT2D eigenvalue weighted by Gasteiger charge is 2.48. The molecule has 0 unspecified atom stereocenters. The number of aromatic amines is 1. The molecule has 4 atom stereocenters. The molecule has 0 aliphatic carbocycles. The Balaban J connectivity index is 2.47. The van der Waals surface area contributed by atoms with Gasteiger partial charge in [-0.05, 0) is 14.1 Å². The topological polar surface area (TPSA) is 168 Å². The summed E-state index contributed by atoms with van der Waals surface area (Å²) in [6, 6.07) is 0. The zero-order valence-electron chi connectivity index (χ0n) is 17.6. The normalized spacial score (nSPS) is 23.1. The zero-order chi connectivity index (χ0) is 23.3. The molecule has 1 aliphatic heterocycles. The minimum Gasteiger partial charge on any atom is -0.481 e. The third kappa shape index (κ3) is 6.49. The number of hydrogen-bond acceptors (Lipinski definition) is 8. The van der Waals surface area contributed by atoms with Crippen molar-refractivity contribution in [1.29, 1.82) is 0 Å². The van der Waals surface area contributed by atoms with E-state index in [0.29, 0.717) is 6.54 Å². The number of esters is 1. The number of hydrogen-bond donors (Lipinski definition) is 3. The number of ether oxygens (including phenoxy) is 2. The van der Waals surface area contributed by atoms with Gasteiger partial charge in [0.15, 0.2) is 0 Å². The number of nitrogens with zero attached hydrogens (tertiary/aromatic N) is 2. The Labute approximate surface area is 177 Å². The second-order valence-corrected chi connectivity index (χ2v) is 7.76. The van der Waals surface area contributed by atoms with Crippen molar-refractivity contribution in [3.63, 3.8) is 0 Å². The molecule has 1 saturated heterocycles. The van der Waals surface area contributed by atoms with Gasteiger partial charge >= 0.3 is 23.6 Å². The van der Waals surface area contributed by atoms with Crippen LogP contribution in [0.25, 0.3) is 0 Å². The van der Waals surface area contributed by atoms with E-state index in [0.717, 1.165) is 0 Å². The predicted molar refractivity (Wildman–Crippen MR) is 106 cm³/mol. The molecule has 1 aromatic rings. The van der Waals surface area contributed by atoms with Gasteiger partial charge in [0.2, 0.25) is 0 Å². The number of rotatable bonds is 10. The molecular weight excluding hydrogens is 414 g/mol. The van der Waals surface area contributed by atoms with Crippen LogP contribution in [0.1, 0.15) is 31.4 Å². The van der Waals surface area contributed by atoms with Crippen LogP contribution in [0.4, 0.5) is 0 Å². The molecule has 0 spiro atoms. The maximum Gasteiger partial charge on any atom is 0.328 e. The van der Waals surface area contributed by atoms with Gasteiger partial charge in [-0.25, -0.2) is 4.79 Å². The zero-order valence-corrected chi connectivity index (χ0v) is 17.6. The van der Waals surface area contributed by atoms with Crippen molar-refractivity contribution in [1.82, 2.24) is 14.5 Å². The molecule has 1 fully saturated rings. The second-order valence-electron chi connectivity index (χ2n) is 7.76. The van der Waals surface area contributed by atoms with Crippen molar-refractivity contribution in [3.05, 3.63) is 32.6 Å². The summed E-state index contributed by atoms with van der Waals surface area (Å²) in [6.45, 7) is 1.67. The van der Waals surface area contributed by atoms with Crippen LogP contribution < -0.4 is 11.2 Å². The molecule has 0 radical (unpaired) electrons. The lowest BCUT2D eigenvalue weighted by molar-refractivity contribution is -0.146. The lowest BCUT2D eigenvalue weighted by atomic mass is 9.81. The van der Waals surface area contributed by atoms with Gasteiger partial charge in [0.25, 0.3) is 5.56 Å². The van der Waals surface area contributed by atoms with Gasteiger partial charge in [-0.2, -0.15) is 0 Å². The van der Waals surface area contributed by atoms with Gasteiger partial charge in [0.05, 0.1) is 30.6 Å². The molecule has 0 saturated carbocycles. The molecule has 2 heterocycles. The Morgan fingerprint density at radius 1 is 1.16 bits per heavy atom. The van der Waals surface area contributed by atoms with Gasteiger partial charge in [0.1, 0.15) is 6.61 Å². The number of carboxylic acid groups (broad SMARTS) is 2. The van der Waals surface area contributed by atoms with Gasteiger partial charge in [0, 0.05) is 38.0 Å². The average Bonchev–Trinajstić information content (AvgIpc) is 2.95. The monoisotopic (exact) mass is 441 g/mol. The Hall–Kier alpha value is -2.99. The third-order valence-corrected chi connectivity index (χ3v) is 5.14. The summed E-state index contributed by atoms with van der Waals surface area (Å²) in [5, 5.41) is 18.7. The van der Waals surface area contributed by atoms with Crippen molar-refractivity contribution in [2.75, 3.05) is 27.2 Å². The Morgan fingerprint density at radius 2 is 1.77 bits per heavy atom. The van der Waals surface area contributed by atoms with Crippen LogP contribution in [-0.4, -0.2) is 75.9 Å². The number of aliphatic carboxylic acids is 2. The van der Waals surface area contributed by atoms with Gasteiger partial charge in [-0.3, -0.25) is 28.7 Å². The van der Waals surface area contributed by atoms with Crippen LogP contribution in [-0.2, 0) is 30.4 Å². The van der Waals surface area contributed by atoms with Crippen molar-refractivity contribution >= 4 is 17.9 Å². The molecule has 0 bridgehead atoms. The number of carboxylic acids is 2. The van der Waals surface area contributed by atoms with Crippen LogP contribution >= 0.6 is 0 Å². The van der Waals surface area contributed by atoms with E-state index in [2.05, 4.69) is 4.98 Å². The highest BCUT2D eigenvalue weighted by Crippen LogP contribution is 2.45. The summed E-state index contributed by atoms with van der Waals surface area (Å²) in [4.78, 5) is 62.8. The van der Waals surface area contributed by atoms with E-state index >= 15 is 0 Å². The first-order chi connectivity index (χ1) is 14.5. The summed E-state index contributed by atoms with van der Waals surface area (Å²) in [7, 11) is 3.63. The van der Waals surface area contributed by atoms with E-state index in [-0.39, 0.29) is 18.7 Å². The highest BCUT2D eigenvalue weighted by molar-refractivity contribution is 5.69. The maximum atomic E-state index is 12.5. The molecule has 2 rings (SSSR count). The number of carbonyl (C=O) groups excluding carboxylic acids is 1. The molecule has 172 valence electrons. The summed E-state index contributed by atoms with van der Waals surface area (Å²) in [5.74, 6) is -4.68. The van der Waals surface area contributed by atoms with E-state index < -0.39 is 66.0 Å². The standard InChI is InChI=1S/C19H27N3O9/c1-10(23)30-9-14-11(6-15(24)25)12(7-16(26)27)17(31-14)13-8-22(5-4-21(2)3)19(29)20-18(13)28/h8,11-12,14,17H,4-7,9H2,1-3H3,(H,24,25)(H,26,27)(H,20,28,29)/t11-,12+,14+,17+/m1/s1. The molecule has 12 nitrogen and oxygen atoms in total. The minimum absolute atomic E-state index is 0.0188. The number of aromatic nitrogens is 2. The first-order valence-corrected chi connectivity index (χ1v) is 9.70. The molecular formula is C19H27N3O9. The minimum atomic E-state index is -1.19. The van der Waals surface area contributed by atoms with E-state index in [1.807, 2.05) is 19.0 Å². The van der Waals surface area contributed by atoms with Crippen LogP contribution in [0, 0.1) is 11.8 Å². The lowest BCUT2D eigenvalue weighted by Crippen LogP contribution is -2.36. The van der Waals surface area contributed by atoms with Gasteiger partial charge < -0.3 is 24.6 Å². The van der Waals surface area contributed by atoms with Crippen molar-refractivity contribution < 1.29 is 34.1 Å². The van der Waals surface area contributed by atoms with E-state index in [1.54, 1.807) is 0 Å². The van der Waals surface area contributed by atoms with Gasteiger partial charge in [-0.1, -0.05) is 0 Å². The number of carbonyl (C=O) groups is 3. The fourth-order valence-electron chi connectivity index (χ4n) is 3.70. The first-order valence-electron chi connectivity index (χ1n) is 9.70. The molecule has 1 aromatic heterocycles. The number of likely N-dealkylation sites (N-methyl/N-ethyl adjacent to an activating group) is 1. The molecule has 12 heteroatoms. The summed E-state index contributed by atoms with van der Waals surface area (Å²) in [6.07, 6.45) is -1.59. The smallest absolute Gasteiger partial charge is 0.328 e. The van der Waals surface area contributed by atoms with Crippen LogP contribution in [0.2, 0.25) is 0 Å². The quantitative estimate of drug-likeness (QED) is 0.394. The van der Waals surface area contributed by atoms with Crippen molar-refractivity contribution in [2.45, 2.75) is 38.5 Å². The summed E-state index contributed by atoms with van der Waals surface area (Å²) in [5.41, 5.74) is -1.35. The fraction of sp³-hybridized carbons (Fsp3) is 0.632. The SMILES string of the molecule is CC(=O)OC[C@@H]1O[C@H](c2cn(CCN(C)C)c(=O)[nH]c2=O)[C@@H](CC(=O)O)[C@H]1CC(=O)O. The van der Waals surface area contributed by atoms with Crippen LogP contribution in [0.3, 0.4) is 0 Å². The van der Waals surface area contributed by atoms with E-state index in [4.69, 9.17) is 9.47 Å². The van der Waals surface area contributed by atoms with E-state index in [1.165, 1.54) is 17.7 Å². The molecule has 31 heavy (non-hydrogen) atoms. The van der Waals surface area contributed by atoms with Crippen LogP contribution in [0.15, 0.2) is 15.8 Å². The highest BCUT2D eigenvalue weighted by atomic mass is 16.6. The Kier molecular flexibility index (Phi) is 8.11. The molecule has 1 aliphatic rings. The molecule has 0 amide bonds. The molecule has 3 N–H and O–H groups in total. The predicted octanol–water partition coefficient (Wildman–Crippen LogP) is -0.717. The third-order valence-electron chi connectivity index (χ3n) is 5.14. The first kappa shape index (κ1) is 24.3. The van der Waals surface area contributed by atoms with Crippen molar-refractivity contribution in [2.24, 2.45) is 11.8 Å². The maximum absolute atomic E-state index is 12.5. The second kappa shape index (κ2) is 10.4.